The lowest BCUT2D eigenvalue weighted by atomic mass is 10.0. The number of amides is 2. The summed E-state index contributed by atoms with van der Waals surface area (Å²) >= 11 is 0. The first-order valence-corrected chi connectivity index (χ1v) is 9.78. The molecule has 152 valence electrons. The average Bonchev–Trinajstić information content (AvgIpc) is 2.94. The zero-order valence-electron chi connectivity index (χ0n) is 16.4. The van der Waals surface area contributed by atoms with Gasteiger partial charge < -0.3 is 24.4 Å². The fourth-order valence-electron chi connectivity index (χ4n) is 3.47. The number of carbonyl (C=O) groups excluding carboxylic acids is 2. The van der Waals surface area contributed by atoms with Crippen LogP contribution in [0.25, 0.3) is 0 Å². The van der Waals surface area contributed by atoms with E-state index in [1.54, 1.807) is 24.0 Å². The molecule has 1 N–H and O–H groups in total. The van der Waals surface area contributed by atoms with Crippen molar-refractivity contribution in [2.75, 3.05) is 31.7 Å². The molecule has 2 aromatic rings. The summed E-state index contributed by atoms with van der Waals surface area (Å²) in [7, 11) is 0. The first-order chi connectivity index (χ1) is 14.1. The van der Waals surface area contributed by atoms with Crippen molar-refractivity contribution in [3.8, 4) is 17.2 Å². The molecule has 2 heterocycles. The maximum atomic E-state index is 12.4. The second-order valence-electron chi connectivity index (χ2n) is 7.14. The molecular formula is C22H24N2O5. The highest BCUT2D eigenvalue weighted by Gasteiger charge is 2.18. The van der Waals surface area contributed by atoms with Crippen molar-refractivity contribution in [2.24, 2.45) is 0 Å². The Balaban J connectivity index is 1.36. The Hall–Kier alpha value is -3.22. The van der Waals surface area contributed by atoms with Gasteiger partial charge in [-0.15, -0.1) is 0 Å². The van der Waals surface area contributed by atoms with Crippen LogP contribution >= 0.6 is 0 Å². The van der Waals surface area contributed by atoms with E-state index >= 15 is 0 Å². The van der Waals surface area contributed by atoms with Crippen LogP contribution in [0.1, 0.15) is 24.5 Å². The molecule has 0 saturated heterocycles. The second kappa shape index (κ2) is 8.43. The van der Waals surface area contributed by atoms with Gasteiger partial charge in [0.25, 0.3) is 0 Å². The molecule has 7 heteroatoms. The smallest absolute Gasteiger partial charge is 0.224 e. The molecular weight excluding hydrogens is 372 g/mol. The predicted molar refractivity (Wildman–Crippen MR) is 107 cm³/mol. The number of ether oxygens (including phenoxy) is 3. The topological polar surface area (TPSA) is 77.1 Å². The normalized spacial score (nSPS) is 15.0. The van der Waals surface area contributed by atoms with E-state index in [9.17, 15) is 9.59 Å². The van der Waals surface area contributed by atoms with E-state index in [2.05, 4.69) is 5.32 Å². The van der Waals surface area contributed by atoms with Crippen LogP contribution < -0.4 is 19.5 Å². The number of hydrogen-bond acceptors (Lipinski definition) is 5. The molecule has 2 aromatic carbocycles. The number of fused-ring (bicyclic) bond motifs is 2. The van der Waals surface area contributed by atoms with Crippen LogP contribution in [0.4, 0.5) is 5.69 Å². The van der Waals surface area contributed by atoms with Crippen LogP contribution in [0.5, 0.6) is 17.2 Å². The maximum Gasteiger partial charge on any atom is 0.224 e. The van der Waals surface area contributed by atoms with Crippen molar-refractivity contribution >= 4 is 17.5 Å². The van der Waals surface area contributed by atoms with Gasteiger partial charge in [0.1, 0.15) is 25.6 Å². The van der Waals surface area contributed by atoms with Gasteiger partial charge in [-0.2, -0.15) is 0 Å². The Morgan fingerprint density at radius 2 is 1.72 bits per heavy atom. The van der Waals surface area contributed by atoms with Gasteiger partial charge in [0.15, 0.2) is 11.5 Å². The number of nitrogens with one attached hydrogen (secondary N) is 1. The second-order valence-corrected chi connectivity index (χ2v) is 7.14. The van der Waals surface area contributed by atoms with Gasteiger partial charge in [0, 0.05) is 37.2 Å². The molecule has 0 atom stereocenters. The molecule has 0 spiro atoms. The molecule has 7 nitrogen and oxygen atoms in total. The van der Waals surface area contributed by atoms with Crippen LogP contribution in [-0.2, 0) is 22.6 Å². The van der Waals surface area contributed by atoms with Crippen LogP contribution in [-0.4, -0.2) is 43.1 Å². The molecule has 0 radical (unpaired) electrons. The van der Waals surface area contributed by atoms with Crippen molar-refractivity contribution in [1.82, 2.24) is 4.90 Å². The zero-order chi connectivity index (χ0) is 20.2. The summed E-state index contributed by atoms with van der Waals surface area (Å²) in [5, 5.41) is 2.90. The SMILES string of the molecule is CC(=O)N1CCOc2ccc(CCC(=O)Nc3ccc4c(c3)OCCO4)cc2C1. The van der Waals surface area contributed by atoms with Crippen molar-refractivity contribution in [3.05, 3.63) is 47.5 Å². The van der Waals surface area contributed by atoms with E-state index in [0.29, 0.717) is 62.9 Å². The molecule has 2 aliphatic rings. The van der Waals surface area contributed by atoms with E-state index in [4.69, 9.17) is 14.2 Å². The van der Waals surface area contributed by atoms with Crippen LogP contribution in [0.15, 0.2) is 36.4 Å². The Morgan fingerprint density at radius 3 is 2.55 bits per heavy atom. The highest BCUT2D eigenvalue weighted by molar-refractivity contribution is 5.91. The molecule has 0 unspecified atom stereocenters. The van der Waals surface area contributed by atoms with Gasteiger partial charge in [-0.05, 0) is 30.2 Å². The summed E-state index contributed by atoms with van der Waals surface area (Å²) < 4.78 is 16.8. The van der Waals surface area contributed by atoms with Gasteiger partial charge in [-0.25, -0.2) is 0 Å². The summed E-state index contributed by atoms with van der Waals surface area (Å²) in [5.74, 6) is 2.11. The lowest BCUT2D eigenvalue weighted by molar-refractivity contribution is -0.129. The lowest BCUT2D eigenvalue weighted by Crippen LogP contribution is -2.30. The van der Waals surface area contributed by atoms with E-state index in [1.165, 1.54) is 0 Å². The number of carbonyl (C=O) groups is 2. The van der Waals surface area contributed by atoms with Crippen molar-refractivity contribution in [2.45, 2.75) is 26.3 Å². The molecule has 0 saturated carbocycles. The minimum Gasteiger partial charge on any atom is -0.491 e. The van der Waals surface area contributed by atoms with Gasteiger partial charge in [-0.1, -0.05) is 12.1 Å². The number of aryl methyl sites for hydroxylation is 1. The summed E-state index contributed by atoms with van der Waals surface area (Å²) in [6, 6.07) is 11.3. The number of rotatable bonds is 4. The summed E-state index contributed by atoms with van der Waals surface area (Å²) in [4.78, 5) is 25.9. The molecule has 29 heavy (non-hydrogen) atoms. The maximum absolute atomic E-state index is 12.4. The third-order valence-corrected chi connectivity index (χ3v) is 5.02. The molecule has 2 amide bonds. The van der Waals surface area contributed by atoms with Gasteiger partial charge in [0.05, 0.1) is 6.54 Å². The minimum absolute atomic E-state index is 0.0330. The minimum atomic E-state index is -0.0711. The Bertz CT molecular complexity index is 927. The van der Waals surface area contributed by atoms with Crippen molar-refractivity contribution < 1.29 is 23.8 Å². The quantitative estimate of drug-likeness (QED) is 0.860. The Morgan fingerprint density at radius 1 is 0.966 bits per heavy atom. The molecule has 2 aliphatic heterocycles. The largest absolute Gasteiger partial charge is 0.491 e. The molecule has 0 aromatic heterocycles. The lowest BCUT2D eigenvalue weighted by Gasteiger charge is -2.19. The molecule has 0 bridgehead atoms. The van der Waals surface area contributed by atoms with E-state index < -0.39 is 0 Å². The van der Waals surface area contributed by atoms with E-state index in [-0.39, 0.29) is 11.8 Å². The van der Waals surface area contributed by atoms with Gasteiger partial charge in [-0.3, -0.25) is 9.59 Å². The van der Waals surface area contributed by atoms with Crippen molar-refractivity contribution in [3.63, 3.8) is 0 Å². The van der Waals surface area contributed by atoms with Gasteiger partial charge in [0.2, 0.25) is 11.8 Å². The Labute approximate surface area is 169 Å². The number of benzene rings is 2. The third kappa shape index (κ3) is 4.62. The zero-order valence-corrected chi connectivity index (χ0v) is 16.4. The fraction of sp³-hybridized carbons (Fsp3) is 0.364. The predicted octanol–water partition coefficient (Wildman–Crippen LogP) is 2.77. The van der Waals surface area contributed by atoms with E-state index in [1.807, 2.05) is 24.3 Å². The summed E-state index contributed by atoms with van der Waals surface area (Å²) in [6.07, 6.45) is 0.953. The van der Waals surface area contributed by atoms with Crippen molar-refractivity contribution in [1.29, 1.82) is 0 Å². The van der Waals surface area contributed by atoms with Crippen LogP contribution in [0, 0.1) is 0 Å². The summed E-state index contributed by atoms with van der Waals surface area (Å²) in [6.45, 7) is 4.21. The number of anilines is 1. The average molecular weight is 396 g/mol. The van der Waals surface area contributed by atoms with Crippen LogP contribution in [0.2, 0.25) is 0 Å². The molecule has 4 rings (SSSR count). The standard InChI is InChI=1S/C22H24N2O5/c1-15(25)24-8-9-27-19-5-2-16(12-17(19)14-24)3-7-22(26)23-18-4-6-20-21(13-18)29-11-10-28-20/h2,4-6,12-13H,3,7-11,14H2,1H3,(H,23,26). The monoisotopic (exact) mass is 396 g/mol. The highest BCUT2D eigenvalue weighted by atomic mass is 16.6. The molecule has 0 fully saturated rings. The first-order valence-electron chi connectivity index (χ1n) is 9.78. The number of hydrogen-bond donors (Lipinski definition) is 1. The number of nitrogens with zero attached hydrogens (tertiary/aromatic N) is 1. The third-order valence-electron chi connectivity index (χ3n) is 5.02. The summed E-state index contributed by atoms with van der Waals surface area (Å²) in [5.41, 5.74) is 2.70. The Kier molecular flexibility index (Phi) is 5.55. The first kappa shape index (κ1) is 19.1. The fourth-order valence-corrected chi connectivity index (χ4v) is 3.47. The molecule has 0 aliphatic carbocycles. The van der Waals surface area contributed by atoms with E-state index in [0.717, 1.165) is 16.9 Å². The van der Waals surface area contributed by atoms with Gasteiger partial charge >= 0.3 is 0 Å². The highest BCUT2D eigenvalue weighted by Crippen LogP contribution is 2.32. The van der Waals surface area contributed by atoms with Crippen LogP contribution in [0.3, 0.4) is 0 Å².